The van der Waals surface area contributed by atoms with E-state index in [2.05, 4.69) is 25.1 Å². The van der Waals surface area contributed by atoms with Crippen LogP contribution < -0.4 is 5.32 Å². The Kier molecular flexibility index (Phi) is 3.31. The summed E-state index contributed by atoms with van der Waals surface area (Å²) in [6, 6.07) is -0.262. The van der Waals surface area contributed by atoms with Gasteiger partial charge in [0.15, 0.2) is 0 Å². The predicted molar refractivity (Wildman–Crippen MR) is 68.3 cm³/mol. The van der Waals surface area contributed by atoms with Gasteiger partial charge in [-0.15, -0.1) is 6.42 Å². The van der Waals surface area contributed by atoms with Crippen molar-refractivity contribution in [2.24, 2.45) is 5.92 Å². The molecule has 2 aliphatic rings. The van der Waals surface area contributed by atoms with Gasteiger partial charge in [-0.25, -0.2) is 4.79 Å². The largest absolute Gasteiger partial charge is 0.378 e. The number of carbonyl (C=O) groups excluding carboxylic acids is 1. The second-order valence-electron chi connectivity index (χ2n) is 5.23. The average molecular weight is 249 g/mol. The van der Waals surface area contributed by atoms with Crippen LogP contribution in [-0.4, -0.2) is 41.6 Å². The number of amides is 2. The number of rotatable bonds is 2. The van der Waals surface area contributed by atoms with Crippen LogP contribution in [0.25, 0.3) is 0 Å². The number of carbonyl (C=O) groups is 1. The van der Waals surface area contributed by atoms with Crippen LogP contribution in [0.15, 0.2) is 0 Å². The molecule has 18 heavy (non-hydrogen) atoms. The lowest BCUT2D eigenvalue weighted by Gasteiger charge is -2.43. The summed E-state index contributed by atoms with van der Waals surface area (Å²) in [5.41, 5.74) is -0.587. The molecule has 0 bridgehead atoms. The van der Waals surface area contributed by atoms with E-state index in [0.717, 1.165) is 0 Å². The summed E-state index contributed by atoms with van der Waals surface area (Å²) in [5.74, 6) is 3.12. The van der Waals surface area contributed by atoms with Crippen LogP contribution in [-0.2, 0) is 4.74 Å². The van der Waals surface area contributed by atoms with Crippen molar-refractivity contribution < 1.29 is 9.53 Å². The molecular formula is C13H19N3O2. The van der Waals surface area contributed by atoms with Gasteiger partial charge < -0.3 is 9.64 Å². The molecule has 2 aliphatic heterocycles. The molecule has 0 aromatic heterocycles. The fourth-order valence-corrected chi connectivity index (χ4v) is 2.71. The van der Waals surface area contributed by atoms with Crippen molar-refractivity contribution in [1.82, 2.24) is 10.2 Å². The van der Waals surface area contributed by atoms with Crippen molar-refractivity contribution in [1.29, 1.82) is 5.41 Å². The first-order valence-corrected chi connectivity index (χ1v) is 6.24. The Morgan fingerprint density at radius 1 is 1.72 bits per heavy atom. The van der Waals surface area contributed by atoms with Crippen molar-refractivity contribution in [2.45, 2.75) is 38.3 Å². The summed E-state index contributed by atoms with van der Waals surface area (Å²) in [6.45, 7) is 4.96. The monoisotopic (exact) mass is 249 g/mol. The molecule has 0 aliphatic carbocycles. The van der Waals surface area contributed by atoms with Crippen molar-refractivity contribution in [3.63, 3.8) is 0 Å². The molecule has 2 unspecified atom stereocenters. The highest BCUT2D eigenvalue weighted by Crippen LogP contribution is 2.36. The van der Waals surface area contributed by atoms with E-state index in [-0.39, 0.29) is 24.5 Å². The summed E-state index contributed by atoms with van der Waals surface area (Å²) >= 11 is 0. The van der Waals surface area contributed by atoms with Gasteiger partial charge in [0.2, 0.25) is 0 Å². The first-order chi connectivity index (χ1) is 8.51. The molecule has 2 rings (SSSR count). The molecule has 0 aromatic rings. The molecule has 2 saturated heterocycles. The number of nitrogens with zero attached hydrogens (tertiary/aromatic N) is 1. The normalized spacial score (nSPS) is 31.9. The Labute approximate surface area is 107 Å². The summed E-state index contributed by atoms with van der Waals surface area (Å²) < 4.78 is 5.72. The number of ether oxygens (including phenoxy) is 1. The Bertz CT molecular complexity index is 413. The zero-order valence-electron chi connectivity index (χ0n) is 10.8. The summed E-state index contributed by atoms with van der Waals surface area (Å²) in [4.78, 5) is 13.5. The lowest BCUT2D eigenvalue weighted by molar-refractivity contribution is -0.0519. The number of terminal acetylenes is 1. The van der Waals surface area contributed by atoms with Gasteiger partial charge in [0.05, 0.1) is 12.6 Å². The van der Waals surface area contributed by atoms with Crippen molar-refractivity contribution in [2.75, 3.05) is 13.2 Å². The third-order valence-electron chi connectivity index (χ3n) is 3.84. The first kappa shape index (κ1) is 12.9. The number of amidine groups is 1. The lowest BCUT2D eigenvalue weighted by Crippen LogP contribution is -2.56. The Morgan fingerprint density at radius 2 is 2.44 bits per heavy atom. The SMILES string of the molecule is C#CCN1C(=O)NC(=N)C12CCOC(C(C)C)C2. The number of urea groups is 1. The summed E-state index contributed by atoms with van der Waals surface area (Å²) in [7, 11) is 0. The fourth-order valence-electron chi connectivity index (χ4n) is 2.71. The molecule has 0 radical (unpaired) electrons. The van der Waals surface area contributed by atoms with Crippen molar-refractivity contribution >= 4 is 11.9 Å². The standard InChI is InChI=1S/C13H19N3O2/c1-4-6-16-12(17)15-11(14)13(16)5-7-18-10(8-13)9(2)3/h1,9-10H,5-8H2,2-3H3,(H2,14,15,17). The van der Waals surface area contributed by atoms with E-state index in [9.17, 15) is 4.79 Å². The quantitative estimate of drug-likeness (QED) is 0.722. The molecule has 2 amide bonds. The minimum absolute atomic E-state index is 0.0621. The van der Waals surface area contributed by atoms with Crippen molar-refractivity contribution in [3.8, 4) is 12.3 Å². The Balaban J connectivity index is 2.29. The molecule has 0 saturated carbocycles. The third kappa shape index (κ3) is 1.87. The molecule has 5 nitrogen and oxygen atoms in total. The van der Waals surface area contributed by atoms with E-state index in [0.29, 0.717) is 25.4 Å². The summed E-state index contributed by atoms with van der Waals surface area (Å²) in [6.07, 6.45) is 6.67. The molecular weight excluding hydrogens is 230 g/mol. The molecule has 5 heteroatoms. The van der Waals surface area contributed by atoms with Crippen LogP contribution in [0, 0.1) is 23.7 Å². The maximum absolute atomic E-state index is 11.9. The Morgan fingerprint density at radius 3 is 3.06 bits per heavy atom. The first-order valence-electron chi connectivity index (χ1n) is 6.24. The van der Waals surface area contributed by atoms with Crippen LogP contribution in [0.1, 0.15) is 26.7 Å². The maximum atomic E-state index is 11.9. The molecule has 98 valence electrons. The minimum Gasteiger partial charge on any atom is -0.378 e. The number of nitrogens with one attached hydrogen (secondary N) is 2. The zero-order chi connectivity index (χ0) is 13.3. The van der Waals surface area contributed by atoms with Gasteiger partial charge >= 0.3 is 6.03 Å². The second-order valence-corrected chi connectivity index (χ2v) is 5.23. The van der Waals surface area contributed by atoms with E-state index in [1.54, 1.807) is 4.90 Å². The highest BCUT2D eigenvalue weighted by atomic mass is 16.5. The predicted octanol–water partition coefficient (Wildman–Crippen LogP) is 1.20. The molecule has 1 spiro atoms. The van der Waals surface area contributed by atoms with Crippen molar-refractivity contribution in [3.05, 3.63) is 0 Å². The van der Waals surface area contributed by atoms with Crippen LogP contribution in [0.2, 0.25) is 0 Å². The fraction of sp³-hybridized carbons (Fsp3) is 0.692. The van der Waals surface area contributed by atoms with E-state index >= 15 is 0 Å². The van der Waals surface area contributed by atoms with E-state index in [4.69, 9.17) is 16.6 Å². The van der Waals surface area contributed by atoms with Gasteiger partial charge in [0.1, 0.15) is 11.4 Å². The third-order valence-corrected chi connectivity index (χ3v) is 3.84. The molecule has 0 aromatic carbocycles. The van der Waals surface area contributed by atoms with Crippen LogP contribution >= 0.6 is 0 Å². The second kappa shape index (κ2) is 4.62. The lowest BCUT2D eigenvalue weighted by atomic mass is 9.82. The van der Waals surface area contributed by atoms with Gasteiger partial charge in [0, 0.05) is 19.4 Å². The summed E-state index contributed by atoms with van der Waals surface area (Å²) in [5, 5.41) is 10.7. The topological polar surface area (TPSA) is 65.4 Å². The highest BCUT2D eigenvalue weighted by Gasteiger charge is 2.52. The Hall–Kier alpha value is -1.54. The van der Waals surface area contributed by atoms with E-state index in [1.807, 2.05) is 0 Å². The molecule has 2 N–H and O–H groups in total. The van der Waals surface area contributed by atoms with E-state index < -0.39 is 5.54 Å². The van der Waals surface area contributed by atoms with Crippen LogP contribution in [0.4, 0.5) is 4.79 Å². The minimum atomic E-state index is -0.587. The average Bonchev–Trinajstić information content (AvgIpc) is 2.54. The van der Waals surface area contributed by atoms with E-state index in [1.165, 1.54) is 0 Å². The maximum Gasteiger partial charge on any atom is 0.324 e. The number of hydrogen-bond acceptors (Lipinski definition) is 3. The van der Waals surface area contributed by atoms with Gasteiger partial charge in [0.25, 0.3) is 0 Å². The molecule has 2 fully saturated rings. The van der Waals surface area contributed by atoms with Gasteiger partial charge in [-0.1, -0.05) is 19.8 Å². The van der Waals surface area contributed by atoms with Gasteiger partial charge in [-0.05, 0) is 5.92 Å². The van der Waals surface area contributed by atoms with Crippen LogP contribution in [0.5, 0.6) is 0 Å². The van der Waals surface area contributed by atoms with Crippen LogP contribution in [0.3, 0.4) is 0 Å². The van der Waals surface area contributed by atoms with Gasteiger partial charge in [-0.3, -0.25) is 10.7 Å². The smallest absolute Gasteiger partial charge is 0.324 e. The number of hydrogen-bond donors (Lipinski definition) is 2. The molecule has 2 atom stereocenters. The van der Waals surface area contributed by atoms with Gasteiger partial charge in [-0.2, -0.15) is 0 Å². The zero-order valence-corrected chi connectivity index (χ0v) is 10.8. The highest BCUT2D eigenvalue weighted by molar-refractivity contribution is 6.08. The molecule has 2 heterocycles.